The molecule has 20 heavy (non-hydrogen) atoms. The number of carbonyl (C=O) groups is 1. The van der Waals surface area contributed by atoms with E-state index in [1.165, 1.54) is 6.20 Å². The number of nitrogens with two attached hydrogens (primary N) is 1. The summed E-state index contributed by atoms with van der Waals surface area (Å²) in [4.78, 5) is 15.9. The molecule has 1 atom stereocenters. The van der Waals surface area contributed by atoms with Crippen molar-refractivity contribution in [3.8, 4) is 0 Å². The third-order valence-corrected chi connectivity index (χ3v) is 3.26. The molecule has 1 aromatic rings. The number of hydrogen-bond donors (Lipinski definition) is 2. The smallest absolute Gasteiger partial charge is 0.340 e. The van der Waals surface area contributed by atoms with Gasteiger partial charge in [0.25, 0.3) is 0 Å². The molecule has 1 unspecified atom stereocenters. The number of rotatable bonds is 5. The van der Waals surface area contributed by atoms with Gasteiger partial charge in [-0.15, -0.1) is 0 Å². The van der Waals surface area contributed by atoms with E-state index in [2.05, 4.69) is 10.3 Å². The van der Waals surface area contributed by atoms with Gasteiger partial charge in [0.05, 0.1) is 30.7 Å². The predicted octanol–water partition coefficient (Wildman–Crippen LogP) is 1.68. The molecule has 1 aromatic heterocycles. The first-order valence-corrected chi connectivity index (χ1v) is 6.95. The molecule has 2 rings (SSSR count). The van der Waals surface area contributed by atoms with Gasteiger partial charge in [-0.05, 0) is 31.7 Å². The third kappa shape index (κ3) is 3.84. The van der Waals surface area contributed by atoms with Crippen LogP contribution in [0, 0.1) is 5.92 Å². The van der Waals surface area contributed by atoms with E-state index in [1.807, 2.05) is 0 Å². The zero-order valence-corrected chi connectivity index (χ0v) is 11.7. The van der Waals surface area contributed by atoms with Crippen molar-refractivity contribution in [2.45, 2.75) is 19.8 Å². The van der Waals surface area contributed by atoms with Crippen molar-refractivity contribution in [1.29, 1.82) is 0 Å². The van der Waals surface area contributed by atoms with E-state index >= 15 is 0 Å². The molecule has 0 aromatic carbocycles. The molecule has 3 N–H and O–H groups in total. The summed E-state index contributed by atoms with van der Waals surface area (Å²) in [7, 11) is 0. The second kappa shape index (κ2) is 7.09. The van der Waals surface area contributed by atoms with Gasteiger partial charge >= 0.3 is 5.97 Å². The van der Waals surface area contributed by atoms with E-state index in [-0.39, 0.29) is 0 Å². The highest BCUT2D eigenvalue weighted by Crippen LogP contribution is 2.18. The maximum absolute atomic E-state index is 11.7. The first-order valence-electron chi connectivity index (χ1n) is 6.95. The molecule has 110 valence electrons. The Hall–Kier alpha value is -1.82. The quantitative estimate of drug-likeness (QED) is 0.797. The van der Waals surface area contributed by atoms with Crippen molar-refractivity contribution < 1.29 is 14.3 Å². The predicted molar refractivity (Wildman–Crippen MR) is 76.6 cm³/mol. The van der Waals surface area contributed by atoms with Crippen LogP contribution >= 0.6 is 0 Å². The fraction of sp³-hybridized carbons (Fsp3) is 0.571. The van der Waals surface area contributed by atoms with Crippen LogP contribution in [0.15, 0.2) is 12.3 Å². The number of esters is 1. The minimum atomic E-state index is -0.420. The van der Waals surface area contributed by atoms with Gasteiger partial charge in [0.1, 0.15) is 5.82 Å². The molecule has 0 bridgehead atoms. The second-order valence-electron chi connectivity index (χ2n) is 4.84. The molecule has 1 fully saturated rings. The van der Waals surface area contributed by atoms with Crippen LogP contribution in [0.5, 0.6) is 0 Å². The molecular formula is C14H21N3O3. The first-order chi connectivity index (χ1) is 9.70. The van der Waals surface area contributed by atoms with Gasteiger partial charge in [-0.2, -0.15) is 0 Å². The van der Waals surface area contributed by atoms with E-state index in [0.717, 1.165) is 32.6 Å². The van der Waals surface area contributed by atoms with Crippen LogP contribution in [0.25, 0.3) is 0 Å². The van der Waals surface area contributed by atoms with Crippen molar-refractivity contribution in [1.82, 2.24) is 4.98 Å². The molecular weight excluding hydrogens is 258 g/mol. The van der Waals surface area contributed by atoms with Crippen molar-refractivity contribution >= 4 is 17.5 Å². The Labute approximate surface area is 118 Å². The Kier molecular flexibility index (Phi) is 5.17. The maximum atomic E-state index is 11.7. The first kappa shape index (κ1) is 14.6. The normalized spacial score (nSPS) is 18.6. The monoisotopic (exact) mass is 279 g/mol. The SMILES string of the molecule is CCOC(=O)c1cc(NCC2CCCOC2)ncc1N. The lowest BCUT2D eigenvalue weighted by molar-refractivity contribution is 0.0527. The van der Waals surface area contributed by atoms with Crippen LogP contribution in [-0.4, -0.2) is 37.3 Å². The molecule has 6 heteroatoms. The second-order valence-corrected chi connectivity index (χ2v) is 4.84. The topological polar surface area (TPSA) is 86.5 Å². The number of ether oxygens (including phenoxy) is 2. The van der Waals surface area contributed by atoms with Gasteiger partial charge in [0, 0.05) is 13.2 Å². The highest BCUT2D eigenvalue weighted by atomic mass is 16.5. The van der Waals surface area contributed by atoms with Crippen molar-refractivity contribution in [3.05, 3.63) is 17.8 Å². The summed E-state index contributed by atoms with van der Waals surface area (Å²) < 4.78 is 10.4. The number of nitrogen functional groups attached to an aromatic ring is 1. The number of nitrogens with one attached hydrogen (secondary N) is 1. The number of anilines is 2. The minimum absolute atomic E-state index is 0.322. The molecule has 0 radical (unpaired) electrons. The fourth-order valence-electron chi connectivity index (χ4n) is 2.17. The Morgan fingerprint density at radius 3 is 3.20 bits per heavy atom. The summed E-state index contributed by atoms with van der Waals surface area (Å²) in [5.74, 6) is 0.693. The minimum Gasteiger partial charge on any atom is -0.462 e. The summed E-state index contributed by atoms with van der Waals surface area (Å²) in [6.45, 7) is 4.48. The molecule has 2 heterocycles. The number of nitrogens with zero attached hydrogens (tertiary/aromatic N) is 1. The van der Waals surface area contributed by atoms with E-state index < -0.39 is 5.97 Å². The van der Waals surface area contributed by atoms with Gasteiger partial charge < -0.3 is 20.5 Å². The molecule has 0 amide bonds. The van der Waals surface area contributed by atoms with Crippen LogP contribution < -0.4 is 11.1 Å². The van der Waals surface area contributed by atoms with Gasteiger partial charge in [-0.25, -0.2) is 9.78 Å². The average molecular weight is 279 g/mol. The van der Waals surface area contributed by atoms with E-state index in [4.69, 9.17) is 15.2 Å². The number of carbonyl (C=O) groups excluding carboxylic acids is 1. The van der Waals surface area contributed by atoms with Gasteiger partial charge in [-0.1, -0.05) is 0 Å². The lowest BCUT2D eigenvalue weighted by Crippen LogP contribution is -2.24. The fourth-order valence-corrected chi connectivity index (χ4v) is 2.17. The molecule has 0 saturated carbocycles. The highest BCUT2D eigenvalue weighted by molar-refractivity contribution is 5.95. The summed E-state index contributed by atoms with van der Waals surface area (Å²) in [6.07, 6.45) is 3.72. The van der Waals surface area contributed by atoms with Crippen LogP contribution in [-0.2, 0) is 9.47 Å². The zero-order valence-electron chi connectivity index (χ0n) is 11.7. The van der Waals surface area contributed by atoms with Crippen LogP contribution in [0.3, 0.4) is 0 Å². The molecule has 1 saturated heterocycles. The maximum Gasteiger partial charge on any atom is 0.340 e. The summed E-state index contributed by atoms with van der Waals surface area (Å²) in [5, 5.41) is 3.22. The van der Waals surface area contributed by atoms with Crippen molar-refractivity contribution in [3.63, 3.8) is 0 Å². The van der Waals surface area contributed by atoms with Gasteiger partial charge in [0.2, 0.25) is 0 Å². The Balaban J connectivity index is 1.97. The molecule has 0 aliphatic carbocycles. The molecule has 1 aliphatic heterocycles. The van der Waals surface area contributed by atoms with Crippen LogP contribution in [0.4, 0.5) is 11.5 Å². The van der Waals surface area contributed by atoms with Gasteiger partial charge in [-0.3, -0.25) is 0 Å². The molecule has 0 spiro atoms. The summed E-state index contributed by atoms with van der Waals surface area (Å²) in [6, 6.07) is 1.64. The Morgan fingerprint density at radius 2 is 2.50 bits per heavy atom. The Bertz CT molecular complexity index is 459. The lowest BCUT2D eigenvalue weighted by Gasteiger charge is -2.22. The summed E-state index contributed by atoms with van der Waals surface area (Å²) >= 11 is 0. The number of hydrogen-bond acceptors (Lipinski definition) is 6. The average Bonchev–Trinajstić information content (AvgIpc) is 2.47. The van der Waals surface area contributed by atoms with Crippen molar-refractivity contribution in [2.24, 2.45) is 5.92 Å². The largest absolute Gasteiger partial charge is 0.462 e. The number of pyridine rings is 1. The van der Waals surface area contributed by atoms with Crippen LogP contribution in [0.2, 0.25) is 0 Å². The van der Waals surface area contributed by atoms with Gasteiger partial charge in [0.15, 0.2) is 0 Å². The molecule has 6 nitrogen and oxygen atoms in total. The zero-order chi connectivity index (χ0) is 14.4. The standard InChI is InChI=1S/C14H21N3O3/c1-2-20-14(18)11-6-13(17-8-12(11)15)16-7-10-4-3-5-19-9-10/h6,8,10H,2-5,7,9,15H2,1H3,(H,16,17). The summed E-state index contributed by atoms with van der Waals surface area (Å²) in [5.41, 5.74) is 6.43. The highest BCUT2D eigenvalue weighted by Gasteiger charge is 2.15. The number of aromatic nitrogens is 1. The van der Waals surface area contributed by atoms with E-state index in [1.54, 1.807) is 13.0 Å². The van der Waals surface area contributed by atoms with E-state index in [9.17, 15) is 4.79 Å². The van der Waals surface area contributed by atoms with Crippen molar-refractivity contribution in [2.75, 3.05) is 37.4 Å². The van der Waals surface area contributed by atoms with E-state index in [0.29, 0.717) is 29.6 Å². The molecule has 1 aliphatic rings. The Morgan fingerprint density at radius 1 is 1.65 bits per heavy atom. The third-order valence-electron chi connectivity index (χ3n) is 3.26. The van der Waals surface area contributed by atoms with Crippen LogP contribution in [0.1, 0.15) is 30.1 Å². The lowest BCUT2D eigenvalue weighted by atomic mass is 10.0.